The second-order valence-corrected chi connectivity index (χ2v) is 4.20. The third kappa shape index (κ3) is 1.41. The zero-order valence-corrected chi connectivity index (χ0v) is 9.20. The topological polar surface area (TPSA) is 17.3 Å². The zero-order chi connectivity index (χ0) is 7.84. The number of nitrogens with zero attached hydrogens (tertiary/aromatic N) is 2. The van der Waals surface area contributed by atoms with Crippen LogP contribution < -0.4 is 0 Å². The van der Waals surface area contributed by atoms with Gasteiger partial charge in [0.15, 0.2) is 0 Å². The summed E-state index contributed by atoms with van der Waals surface area (Å²) in [4.78, 5) is 4.28. The molecule has 0 amide bonds. The predicted octanol–water partition coefficient (Wildman–Crippen LogP) is 2.70. The third-order valence-corrected chi connectivity index (χ3v) is 2.37. The fourth-order valence-electron chi connectivity index (χ4n) is 0.934. The maximum Gasteiger partial charge on any atom is 0.138 e. The van der Waals surface area contributed by atoms with Crippen molar-refractivity contribution in [1.29, 1.82) is 0 Å². The second-order valence-electron chi connectivity index (χ2n) is 2.18. The van der Waals surface area contributed by atoms with Crippen molar-refractivity contribution in [1.82, 2.24) is 9.38 Å². The minimum absolute atomic E-state index is 0.984. The SMILES string of the molecule is Brc1ccc2nc(I)cn2c1. The molecule has 2 nitrogen and oxygen atoms in total. The van der Waals surface area contributed by atoms with Crippen molar-refractivity contribution in [2.45, 2.75) is 0 Å². The van der Waals surface area contributed by atoms with Crippen molar-refractivity contribution in [3.8, 4) is 0 Å². The summed E-state index contributed by atoms with van der Waals surface area (Å²) >= 11 is 5.59. The van der Waals surface area contributed by atoms with E-state index in [1.54, 1.807) is 0 Å². The van der Waals surface area contributed by atoms with Gasteiger partial charge in [-0.1, -0.05) is 0 Å². The van der Waals surface area contributed by atoms with Crippen molar-refractivity contribution in [3.05, 3.63) is 32.7 Å². The van der Waals surface area contributed by atoms with E-state index in [0.29, 0.717) is 0 Å². The largest absolute Gasteiger partial charge is 0.305 e. The Hall–Kier alpha value is -0.100. The van der Waals surface area contributed by atoms with Crippen LogP contribution >= 0.6 is 38.5 Å². The van der Waals surface area contributed by atoms with E-state index in [1.807, 2.05) is 28.9 Å². The second kappa shape index (κ2) is 2.75. The highest BCUT2D eigenvalue weighted by molar-refractivity contribution is 14.1. The molecule has 56 valence electrons. The van der Waals surface area contributed by atoms with E-state index in [1.165, 1.54) is 0 Å². The number of halogens is 2. The maximum absolute atomic E-state index is 4.28. The number of rotatable bonds is 0. The highest BCUT2D eigenvalue weighted by Crippen LogP contribution is 2.12. The van der Waals surface area contributed by atoms with Gasteiger partial charge in [0.1, 0.15) is 9.35 Å². The molecule has 2 aromatic rings. The fraction of sp³-hybridized carbons (Fsp3) is 0. The first kappa shape index (κ1) is 7.54. The Bertz CT molecular complexity index is 396. The molecule has 4 heteroatoms. The summed E-state index contributed by atoms with van der Waals surface area (Å²) in [6.45, 7) is 0. The molecule has 0 bridgehead atoms. The van der Waals surface area contributed by atoms with E-state index in [0.717, 1.165) is 13.8 Å². The average Bonchev–Trinajstić information content (AvgIpc) is 2.27. The van der Waals surface area contributed by atoms with Crippen molar-refractivity contribution < 1.29 is 0 Å². The van der Waals surface area contributed by atoms with E-state index in [9.17, 15) is 0 Å². The lowest BCUT2D eigenvalue weighted by Gasteiger charge is -1.91. The summed E-state index contributed by atoms with van der Waals surface area (Å²) in [7, 11) is 0. The van der Waals surface area contributed by atoms with E-state index >= 15 is 0 Å². The van der Waals surface area contributed by atoms with Crippen LogP contribution in [0.1, 0.15) is 0 Å². The summed E-state index contributed by atoms with van der Waals surface area (Å²) < 4.78 is 4.07. The molecule has 0 saturated heterocycles. The minimum Gasteiger partial charge on any atom is -0.305 e. The zero-order valence-electron chi connectivity index (χ0n) is 5.46. The number of pyridine rings is 1. The number of fused-ring (bicyclic) bond motifs is 1. The normalized spacial score (nSPS) is 10.7. The summed E-state index contributed by atoms with van der Waals surface area (Å²) in [6, 6.07) is 3.96. The Balaban J connectivity index is 2.82. The molecule has 0 aliphatic heterocycles. The summed E-state index contributed by atoms with van der Waals surface area (Å²) in [5.74, 6) is 0. The van der Waals surface area contributed by atoms with E-state index in [4.69, 9.17) is 0 Å². The van der Waals surface area contributed by atoms with Gasteiger partial charge in [-0.2, -0.15) is 0 Å². The van der Waals surface area contributed by atoms with Gasteiger partial charge in [-0.15, -0.1) is 0 Å². The van der Waals surface area contributed by atoms with Crippen LogP contribution in [0.15, 0.2) is 29.0 Å². The van der Waals surface area contributed by atoms with Crippen LogP contribution in [0, 0.1) is 3.70 Å². The number of hydrogen-bond donors (Lipinski definition) is 0. The lowest BCUT2D eigenvalue weighted by molar-refractivity contribution is 1.17. The molecule has 0 fully saturated rings. The molecule has 0 spiro atoms. The molecule has 0 aromatic carbocycles. The van der Waals surface area contributed by atoms with Gasteiger partial charge in [0, 0.05) is 16.9 Å². The Morgan fingerprint density at radius 1 is 1.36 bits per heavy atom. The minimum atomic E-state index is 0.984. The molecule has 2 rings (SSSR count). The highest BCUT2D eigenvalue weighted by atomic mass is 127. The molecular weight excluding hydrogens is 319 g/mol. The lowest BCUT2D eigenvalue weighted by atomic mass is 10.5. The van der Waals surface area contributed by atoms with Crippen LogP contribution in [0.3, 0.4) is 0 Å². The van der Waals surface area contributed by atoms with Crippen LogP contribution in [0.4, 0.5) is 0 Å². The Morgan fingerprint density at radius 3 is 3.00 bits per heavy atom. The van der Waals surface area contributed by atoms with E-state index < -0.39 is 0 Å². The molecule has 0 unspecified atom stereocenters. The smallest absolute Gasteiger partial charge is 0.138 e. The molecule has 0 atom stereocenters. The van der Waals surface area contributed by atoms with Gasteiger partial charge in [-0.3, -0.25) is 0 Å². The molecule has 2 aromatic heterocycles. The average molecular weight is 323 g/mol. The van der Waals surface area contributed by atoms with E-state index in [-0.39, 0.29) is 0 Å². The maximum atomic E-state index is 4.28. The first-order chi connectivity index (χ1) is 5.25. The van der Waals surface area contributed by atoms with Gasteiger partial charge in [0.2, 0.25) is 0 Å². The Labute approximate surface area is 85.9 Å². The molecule has 0 N–H and O–H groups in total. The fourth-order valence-corrected chi connectivity index (χ4v) is 1.83. The van der Waals surface area contributed by atoms with Crippen molar-refractivity contribution >= 4 is 44.2 Å². The van der Waals surface area contributed by atoms with E-state index in [2.05, 4.69) is 43.5 Å². The van der Waals surface area contributed by atoms with Crippen LogP contribution in [0.25, 0.3) is 5.65 Å². The molecule has 0 aliphatic carbocycles. The van der Waals surface area contributed by atoms with Crippen LogP contribution in [0.2, 0.25) is 0 Å². The van der Waals surface area contributed by atoms with Gasteiger partial charge in [-0.25, -0.2) is 4.98 Å². The molecule has 2 heterocycles. The van der Waals surface area contributed by atoms with Gasteiger partial charge in [-0.05, 0) is 50.7 Å². The highest BCUT2D eigenvalue weighted by Gasteiger charge is 1.96. The number of hydrogen-bond acceptors (Lipinski definition) is 1. The van der Waals surface area contributed by atoms with Gasteiger partial charge < -0.3 is 4.40 Å². The molecule has 0 saturated carbocycles. The Kier molecular flexibility index (Phi) is 1.88. The van der Waals surface area contributed by atoms with Gasteiger partial charge >= 0.3 is 0 Å². The molecule has 11 heavy (non-hydrogen) atoms. The summed E-state index contributed by atoms with van der Waals surface area (Å²) in [6.07, 6.45) is 3.98. The first-order valence-corrected chi connectivity index (χ1v) is 4.92. The van der Waals surface area contributed by atoms with Crippen LogP contribution in [0.5, 0.6) is 0 Å². The number of imidazole rings is 1. The third-order valence-electron chi connectivity index (χ3n) is 1.39. The summed E-state index contributed by atoms with van der Waals surface area (Å²) in [5.41, 5.74) is 0.984. The monoisotopic (exact) mass is 322 g/mol. The lowest BCUT2D eigenvalue weighted by Crippen LogP contribution is -1.80. The molecule has 0 aliphatic rings. The predicted molar refractivity (Wildman–Crippen MR) is 55.6 cm³/mol. The summed E-state index contributed by atoms with van der Waals surface area (Å²) in [5, 5.41) is 0. The number of aromatic nitrogens is 2. The first-order valence-electron chi connectivity index (χ1n) is 3.05. The molecular formula is C7H4BrIN2. The van der Waals surface area contributed by atoms with Gasteiger partial charge in [0.25, 0.3) is 0 Å². The van der Waals surface area contributed by atoms with Gasteiger partial charge in [0.05, 0.1) is 0 Å². The van der Waals surface area contributed by atoms with Crippen molar-refractivity contribution in [2.75, 3.05) is 0 Å². The standard InChI is InChI=1S/C7H4BrIN2/c8-5-1-2-7-10-6(9)4-11(7)3-5/h1-4H. The van der Waals surface area contributed by atoms with Crippen LogP contribution in [-0.4, -0.2) is 9.38 Å². The van der Waals surface area contributed by atoms with Crippen molar-refractivity contribution in [3.63, 3.8) is 0 Å². The van der Waals surface area contributed by atoms with Crippen molar-refractivity contribution in [2.24, 2.45) is 0 Å². The Morgan fingerprint density at radius 2 is 2.18 bits per heavy atom. The van der Waals surface area contributed by atoms with Crippen LogP contribution in [-0.2, 0) is 0 Å². The molecule has 0 radical (unpaired) electrons. The quantitative estimate of drug-likeness (QED) is 0.682.